The van der Waals surface area contributed by atoms with E-state index in [1.54, 1.807) is 12.1 Å². The second-order valence-electron chi connectivity index (χ2n) is 3.96. The summed E-state index contributed by atoms with van der Waals surface area (Å²) in [5.74, 6) is 0. The topological polar surface area (TPSA) is 60.2 Å². The lowest BCUT2D eigenvalue weighted by atomic mass is 10.2. The van der Waals surface area contributed by atoms with Crippen LogP contribution in [0.2, 0.25) is 0 Å². The molecular formula is C14H11NO3S. The van der Waals surface area contributed by atoms with E-state index in [9.17, 15) is 14.9 Å². The number of carbonyl (C=O) groups is 1. The first-order chi connectivity index (χ1) is 9.11. The summed E-state index contributed by atoms with van der Waals surface area (Å²) in [7, 11) is 0. The number of hydrogen-bond acceptors (Lipinski definition) is 4. The Kier molecular flexibility index (Phi) is 3.97. The molecule has 0 saturated heterocycles. The zero-order valence-electron chi connectivity index (χ0n) is 10.2. The largest absolute Gasteiger partial charge is 0.298 e. The van der Waals surface area contributed by atoms with Gasteiger partial charge in [0.05, 0.1) is 10.5 Å². The summed E-state index contributed by atoms with van der Waals surface area (Å²) >= 11 is 1.48. The highest BCUT2D eigenvalue weighted by molar-refractivity contribution is 7.99. The van der Waals surface area contributed by atoms with Crippen molar-refractivity contribution in [1.82, 2.24) is 0 Å². The van der Waals surface area contributed by atoms with Crippen molar-refractivity contribution in [3.63, 3.8) is 0 Å². The summed E-state index contributed by atoms with van der Waals surface area (Å²) in [6.07, 6.45) is 0.514. The van der Waals surface area contributed by atoms with Crippen molar-refractivity contribution in [3.8, 4) is 0 Å². The molecule has 0 aliphatic carbocycles. The molecule has 0 aromatic heterocycles. The van der Waals surface area contributed by atoms with E-state index in [4.69, 9.17) is 0 Å². The van der Waals surface area contributed by atoms with Gasteiger partial charge in [-0.05, 0) is 30.7 Å². The molecule has 4 nitrogen and oxygen atoms in total. The van der Waals surface area contributed by atoms with E-state index in [-0.39, 0.29) is 11.3 Å². The molecule has 0 aliphatic rings. The highest BCUT2D eigenvalue weighted by Gasteiger charge is 2.13. The van der Waals surface area contributed by atoms with E-state index >= 15 is 0 Å². The Labute approximate surface area is 114 Å². The standard InChI is InChI=1S/C14H11NO3S/c1-10-4-2-3-5-14(10)19-12-6-7-13(15(17)18)11(8-12)9-16/h2-9H,1H3. The lowest BCUT2D eigenvalue weighted by Crippen LogP contribution is -1.94. The molecule has 0 fully saturated rings. The number of nitro groups is 1. The predicted octanol–water partition coefficient (Wildman–Crippen LogP) is 3.87. The van der Waals surface area contributed by atoms with Gasteiger partial charge in [0.2, 0.25) is 0 Å². The Morgan fingerprint density at radius 3 is 2.58 bits per heavy atom. The molecule has 5 heteroatoms. The SMILES string of the molecule is Cc1ccccc1Sc1ccc([N+](=O)[O-])c(C=O)c1. The quantitative estimate of drug-likeness (QED) is 0.482. The van der Waals surface area contributed by atoms with Crippen LogP contribution in [0.15, 0.2) is 52.3 Å². The lowest BCUT2D eigenvalue weighted by Gasteiger charge is -2.05. The van der Waals surface area contributed by atoms with Crippen LogP contribution >= 0.6 is 11.8 Å². The molecule has 0 N–H and O–H groups in total. The molecule has 19 heavy (non-hydrogen) atoms. The zero-order chi connectivity index (χ0) is 13.8. The first-order valence-electron chi connectivity index (χ1n) is 5.59. The fourth-order valence-corrected chi connectivity index (χ4v) is 2.61. The molecule has 0 aliphatic heterocycles. The van der Waals surface area contributed by atoms with E-state index in [1.807, 2.05) is 31.2 Å². The van der Waals surface area contributed by atoms with Gasteiger partial charge in [0.15, 0.2) is 6.29 Å². The number of nitrogens with zero attached hydrogens (tertiary/aromatic N) is 1. The maximum absolute atomic E-state index is 10.9. The second-order valence-corrected chi connectivity index (χ2v) is 5.08. The molecule has 96 valence electrons. The van der Waals surface area contributed by atoms with Crippen LogP contribution < -0.4 is 0 Å². The lowest BCUT2D eigenvalue weighted by molar-refractivity contribution is -0.385. The Morgan fingerprint density at radius 2 is 1.95 bits per heavy atom. The highest BCUT2D eigenvalue weighted by Crippen LogP contribution is 2.32. The third-order valence-electron chi connectivity index (χ3n) is 2.64. The fraction of sp³-hybridized carbons (Fsp3) is 0.0714. The van der Waals surface area contributed by atoms with Gasteiger partial charge in [0, 0.05) is 15.9 Å². The number of hydrogen-bond donors (Lipinski definition) is 0. The molecule has 2 aromatic carbocycles. The smallest absolute Gasteiger partial charge is 0.279 e. The minimum absolute atomic E-state index is 0.101. The second kappa shape index (κ2) is 5.67. The van der Waals surface area contributed by atoms with Gasteiger partial charge in [-0.3, -0.25) is 14.9 Å². The average molecular weight is 273 g/mol. The maximum Gasteiger partial charge on any atom is 0.279 e. The number of carbonyl (C=O) groups excluding carboxylic acids is 1. The summed E-state index contributed by atoms with van der Waals surface area (Å²) in [5.41, 5.74) is 1.06. The summed E-state index contributed by atoms with van der Waals surface area (Å²) in [5, 5.41) is 10.7. The van der Waals surface area contributed by atoms with Gasteiger partial charge in [0.25, 0.3) is 5.69 Å². The first-order valence-corrected chi connectivity index (χ1v) is 6.40. The van der Waals surface area contributed by atoms with Crippen molar-refractivity contribution >= 4 is 23.7 Å². The third kappa shape index (κ3) is 3.00. The van der Waals surface area contributed by atoms with Gasteiger partial charge >= 0.3 is 0 Å². The van der Waals surface area contributed by atoms with E-state index in [0.29, 0.717) is 6.29 Å². The van der Waals surface area contributed by atoms with Crippen LogP contribution in [-0.4, -0.2) is 11.2 Å². The van der Waals surface area contributed by atoms with Gasteiger partial charge in [0.1, 0.15) is 0 Å². The van der Waals surface area contributed by atoms with Gasteiger partial charge < -0.3 is 0 Å². The Hall–Kier alpha value is -2.14. The number of benzene rings is 2. The minimum atomic E-state index is -0.550. The molecule has 0 saturated carbocycles. The van der Waals surface area contributed by atoms with Gasteiger partial charge in [-0.2, -0.15) is 0 Å². The molecule has 0 bridgehead atoms. The predicted molar refractivity (Wildman–Crippen MR) is 73.8 cm³/mol. The minimum Gasteiger partial charge on any atom is -0.298 e. The van der Waals surface area contributed by atoms with Crippen LogP contribution in [0, 0.1) is 17.0 Å². The third-order valence-corrected chi connectivity index (χ3v) is 3.81. The number of aldehydes is 1. The van der Waals surface area contributed by atoms with Crippen molar-refractivity contribution < 1.29 is 9.72 Å². The fourth-order valence-electron chi connectivity index (χ4n) is 1.65. The average Bonchev–Trinajstić information content (AvgIpc) is 2.41. The molecule has 2 rings (SSSR count). The van der Waals surface area contributed by atoms with Crippen LogP contribution in [0.4, 0.5) is 5.69 Å². The van der Waals surface area contributed by atoms with Gasteiger partial charge in [-0.15, -0.1) is 0 Å². The van der Waals surface area contributed by atoms with E-state index in [2.05, 4.69) is 0 Å². The normalized spacial score (nSPS) is 10.2. The summed E-state index contributed by atoms with van der Waals surface area (Å²) < 4.78 is 0. The molecule has 0 unspecified atom stereocenters. The molecule has 0 heterocycles. The van der Waals surface area contributed by atoms with Crippen molar-refractivity contribution in [1.29, 1.82) is 0 Å². The molecule has 0 atom stereocenters. The summed E-state index contributed by atoms with van der Waals surface area (Å²) in [4.78, 5) is 23.0. The number of rotatable bonds is 4. The highest BCUT2D eigenvalue weighted by atomic mass is 32.2. The Balaban J connectivity index is 2.35. The van der Waals surface area contributed by atoms with Crippen molar-refractivity contribution in [2.75, 3.05) is 0 Å². The molecular weight excluding hydrogens is 262 g/mol. The van der Waals surface area contributed by atoms with Crippen LogP contribution in [0.25, 0.3) is 0 Å². The van der Waals surface area contributed by atoms with Crippen molar-refractivity contribution in [2.24, 2.45) is 0 Å². The number of nitro benzene ring substituents is 1. The van der Waals surface area contributed by atoms with Crippen molar-refractivity contribution in [3.05, 3.63) is 63.7 Å². The van der Waals surface area contributed by atoms with Crippen LogP contribution in [-0.2, 0) is 0 Å². The van der Waals surface area contributed by atoms with Crippen LogP contribution in [0.1, 0.15) is 15.9 Å². The van der Waals surface area contributed by atoms with Gasteiger partial charge in [-0.25, -0.2) is 0 Å². The molecule has 0 radical (unpaired) electrons. The van der Waals surface area contributed by atoms with Gasteiger partial charge in [-0.1, -0.05) is 30.0 Å². The Bertz CT molecular complexity index is 640. The monoisotopic (exact) mass is 273 g/mol. The summed E-state index contributed by atoms with van der Waals surface area (Å²) in [6.45, 7) is 1.99. The molecule has 0 amide bonds. The van der Waals surface area contributed by atoms with E-state index < -0.39 is 4.92 Å². The Morgan fingerprint density at radius 1 is 1.21 bits per heavy atom. The van der Waals surface area contributed by atoms with E-state index in [1.165, 1.54) is 17.8 Å². The summed E-state index contributed by atoms with van der Waals surface area (Å²) in [6, 6.07) is 12.4. The number of aryl methyl sites for hydroxylation is 1. The molecule has 0 spiro atoms. The molecule has 2 aromatic rings. The van der Waals surface area contributed by atoms with Crippen LogP contribution in [0.3, 0.4) is 0 Å². The first kappa shape index (κ1) is 13.3. The van der Waals surface area contributed by atoms with Crippen LogP contribution in [0.5, 0.6) is 0 Å². The maximum atomic E-state index is 10.9. The van der Waals surface area contributed by atoms with E-state index in [0.717, 1.165) is 15.4 Å². The van der Waals surface area contributed by atoms with Crippen molar-refractivity contribution in [2.45, 2.75) is 16.7 Å². The zero-order valence-corrected chi connectivity index (χ0v) is 11.0.